The number of carbonyl (C=O) groups excluding carboxylic acids is 2. The molecule has 0 radical (unpaired) electrons. The number of alkyl carbamates (subject to hydrolysis) is 1. The molecule has 1 fully saturated rings. The molecule has 0 bridgehead atoms. The standard InChI is InChI=1S/C17H24N2O4/c1-17(2,3)23-16(21)18-14-10-19(11-15(14)22-12-20)9-13-7-5-4-6-8-13/h4-8,12,14-15H,9-11H2,1-3H3,(H,18,21)/t14-,15-/m0/s1. The molecule has 1 amide bonds. The third-order valence-electron chi connectivity index (χ3n) is 3.52. The third kappa shape index (κ3) is 5.56. The van der Waals surface area contributed by atoms with Crippen LogP contribution in [0.5, 0.6) is 0 Å². The summed E-state index contributed by atoms with van der Waals surface area (Å²) >= 11 is 0. The van der Waals surface area contributed by atoms with E-state index in [1.807, 2.05) is 51.1 Å². The van der Waals surface area contributed by atoms with E-state index in [1.54, 1.807) is 0 Å². The highest BCUT2D eigenvalue weighted by Crippen LogP contribution is 2.17. The van der Waals surface area contributed by atoms with Crippen LogP contribution in [0.1, 0.15) is 26.3 Å². The van der Waals surface area contributed by atoms with E-state index in [0.717, 1.165) is 6.54 Å². The highest BCUT2D eigenvalue weighted by Gasteiger charge is 2.36. The first-order valence-corrected chi connectivity index (χ1v) is 7.72. The zero-order valence-electron chi connectivity index (χ0n) is 13.8. The van der Waals surface area contributed by atoms with Gasteiger partial charge in [-0.3, -0.25) is 9.69 Å². The van der Waals surface area contributed by atoms with Gasteiger partial charge in [0.15, 0.2) is 0 Å². The Morgan fingerprint density at radius 1 is 1.30 bits per heavy atom. The van der Waals surface area contributed by atoms with Crippen LogP contribution in [0, 0.1) is 0 Å². The van der Waals surface area contributed by atoms with Crippen molar-refractivity contribution in [3.05, 3.63) is 35.9 Å². The lowest BCUT2D eigenvalue weighted by atomic mass is 10.2. The number of hydrogen-bond donors (Lipinski definition) is 1. The molecule has 6 nitrogen and oxygen atoms in total. The maximum Gasteiger partial charge on any atom is 0.408 e. The van der Waals surface area contributed by atoms with Gasteiger partial charge in [0.2, 0.25) is 0 Å². The molecule has 0 aliphatic carbocycles. The molecule has 2 rings (SSSR count). The zero-order valence-corrected chi connectivity index (χ0v) is 13.8. The fraction of sp³-hybridized carbons (Fsp3) is 0.529. The summed E-state index contributed by atoms with van der Waals surface area (Å²) in [4.78, 5) is 24.8. The first-order chi connectivity index (χ1) is 10.9. The number of likely N-dealkylation sites (tertiary alicyclic amines) is 1. The Kier molecular flexibility index (Phi) is 5.60. The second kappa shape index (κ2) is 7.46. The van der Waals surface area contributed by atoms with Gasteiger partial charge in [-0.1, -0.05) is 30.3 Å². The van der Waals surface area contributed by atoms with Gasteiger partial charge in [0.1, 0.15) is 11.7 Å². The summed E-state index contributed by atoms with van der Waals surface area (Å²) < 4.78 is 10.4. The number of benzene rings is 1. The smallest absolute Gasteiger partial charge is 0.408 e. The molecule has 1 N–H and O–H groups in total. The van der Waals surface area contributed by atoms with Crippen molar-refractivity contribution in [1.82, 2.24) is 10.2 Å². The number of hydrogen-bond acceptors (Lipinski definition) is 5. The van der Waals surface area contributed by atoms with Crippen LogP contribution in [0.25, 0.3) is 0 Å². The van der Waals surface area contributed by atoms with Gasteiger partial charge in [0, 0.05) is 19.6 Å². The van der Waals surface area contributed by atoms with Crippen molar-refractivity contribution in [3.8, 4) is 0 Å². The van der Waals surface area contributed by atoms with Crippen molar-refractivity contribution in [2.24, 2.45) is 0 Å². The Morgan fingerprint density at radius 2 is 2.00 bits per heavy atom. The molecule has 1 aromatic carbocycles. The fourth-order valence-corrected chi connectivity index (χ4v) is 2.63. The summed E-state index contributed by atoms with van der Waals surface area (Å²) in [7, 11) is 0. The molecule has 6 heteroatoms. The molecule has 0 unspecified atom stereocenters. The Labute approximate surface area is 136 Å². The number of nitrogens with one attached hydrogen (secondary N) is 1. The summed E-state index contributed by atoms with van der Waals surface area (Å²) in [6.07, 6.45) is -0.868. The van der Waals surface area contributed by atoms with Crippen LogP contribution in [0.15, 0.2) is 30.3 Å². The van der Waals surface area contributed by atoms with Gasteiger partial charge < -0.3 is 14.8 Å². The Morgan fingerprint density at radius 3 is 2.61 bits per heavy atom. The highest BCUT2D eigenvalue weighted by atomic mass is 16.6. The molecule has 0 aromatic heterocycles. The predicted molar refractivity (Wildman–Crippen MR) is 85.8 cm³/mol. The molecule has 1 saturated heterocycles. The zero-order chi connectivity index (χ0) is 16.9. The second-order valence-corrected chi connectivity index (χ2v) is 6.70. The number of rotatable bonds is 5. The molecular weight excluding hydrogens is 296 g/mol. The van der Waals surface area contributed by atoms with Crippen LogP contribution in [0.2, 0.25) is 0 Å². The molecular formula is C17H24N2O4. The molecule has 1 aliphatic heterocycles. The minimum Gasteiger partial charge on any atom is -0.461 e. The fourth-order valence-electron chi connectivity index (χ4n) is 2.63. The average Bonchev–Trinajstić information content (AvgIpc) is 2.80. The minimum atomic E-state index is -0.562. The van der Waals surface area contributed by atoms with Gasteiger partial charge in [-0.2, -0.15) is 0 Å². The molecule has 0 saturated carbocycles. The molecule has 1 aromatic rings. The van der Waals surface area contributed by atoms with Crippen LogP contribution in [0.4, 0.5) is 4.79 Å². The van der Waals surface area contributed by atoms with E-state index in [0.29, 0.717) is 19.6 Å². The van der Waals surface area contributed by atoms with E-state index >= 15 is 0 Å². The summed E-state index contributed by atoms with van der Waals surface area (Å²) in [5.41, 5.74) is 0.614. The second-order valence-electron chi connectivity index (χ2n) is 6.70. The maximum absolute atomic E-state index is 11.9. The maximum atomic E-state index is 11.9. The van der Waals surface area contributed by atoms with E-state index in [-0.39, 0.29) is 12.1 Å². The van der Waals surface area contributed by atoms with E-state index < -0.39 is 11.7 Å². The minimum absolute atomic E-state index is 0.279. The largest absolute Gasteiger partial charge is 0.461 e. The predicted octanol–water partition coefficient (Wildman–Crippen LogP) is 1.94. The lowest BCUT2D eigenvalue weighted by molar-refractivity contribution is -0.133. The van der Waals surface area contributed by atoms with Crippen LogP contribution in [0.3, 0.4) is 0 Å². The topological polar surface area (TPSA) is 67.9 Å². The van der Waals surface area contributed by atoms with E-state index in [1.165, 1.54) is 5.56 Å². The van der Waals surface area contributed by atoms with Crippen LogP contribution in [-0.4, -0.2) is 48.3 Å². The van der Waals surface area contributed by atoms with E-state index in [4.69, 9.17) is 9.47 Å². The van der Waals surface area contributed by atoms with Crippen molar-refractivity contribution < 1.29 is 19.1 Å². The summed E-state index contributed by atoms with van der Waals surface area (Å²) in [5.74, 6) is 0. The molecule has 0 spiro atoms. The van der Waals surface area contributed by atoms with Crippen LogP contribution >= 0.6 is 0 Å². The third-order valence-corrected chi connectivity index (χ3v) is 3.52. The van der Waals surface area contributed by atoms with Crippen molar-refractivity contribution >= 4 is 12.6 Å². The lowest BCUT2D eigenvalue weighted by Gasteiger charge is -2.23. The normalized spacial score (nSPS) is 21.7. The lowest BCUT2D eigenvalue weighted by Crippen LogP contribution is -2.45. The summed E-state index contributed by atoms with van der Waals surface area (Å²) in [6, 6.07) is 9.76. The molecule has 126 valence electrons. The Balaban J connectivity index is 1.95. The summed E-state index contributed by atoms with van der Waals surface area (Å²) in [6.45, 7) is 7.78. The first kappa shape index (κ1) is 17.3. The van der Waals surface area contributed by atoms with E-state index in [2.05, 4.69) is 10.2 Å². The van der Waals surface area contributed by atoms with Gasteiger partial charge in [-0.05, 0) is 26.3 Å². The quantitative estimate of drug-likeness (QED) is 0.840. The van der Waals surface area contributed by atoms with Crippen LogP contribution in [-0.2, 0) is 20.8 Å². The molecule has 1 aliphatic rings. The van der Waals surface area contributed by atoms with Crippen molar-refractivity contribution in [1.29, 1.82) is 0 Å². The Hall–Kier alpha value is -2.08. The molecule has 2 atom stereocenters. The van der Waals surface area contributed by atoms with Crippen LogP contribution < -0.4 is 5.32 Å². The molecule has 1 heterocycles. The number of nitrogens with zero attached hydrogens (tertiary/aromatic N) is 1. The SMILES string of the molecule is CC(C)(C)OC(=O)N[C@H]1CN(Cc2ccccc2)C[C@@H]1OC=O. The molecule has 23 heavy (non-hydrogen) atoms. The van der Waals surface area contributed by atoms with Crippen molar-refractivity contribution in [3.63, 3.8) is 0 Å². The number of amides is 1. The Bertz CT molecular complexity index is 527. The highest BCUT2D eigenvalue weighted by molar-refractivity contribution is 5.68. The summed E-state index contributed by atoms with van der Waals surface area (Å²) in [5, 5.41) is 2.80. The van der Waals surface area contributed by atoms with Gasteiger partial charge in [0.05, 0.1) is 6.04 Å². The van der Waals surface area contributed by atoms with Crippen molar-refractivity contribution in [2.75, 3.05) is 13.1 Å². The van der Waals surface area contributed by atoms with Gasteiger partial charge in [-0.25, -0.2) is 4.79 Å². The monoisotopic (exact) mass is 320 g/mol. The van der Waals surface area contributed by atoms with Gasteiger partial charge >= 0.3 is 6.09 Å². The van der Waals surface area contributed by atoms with Gasteiger partial charge in [0.25, 0.3) is 6.47 Å². The average molecular weight is 320 g/mol. The number of ether oxygens (including phenoxy) is 2. The number of carbonyl (C=O) groups is 2. The van der Waals surface area contributed by atoms with Gasteiger partial charge in [-0.15, -0.1) is 0 Å². The van der Waals surface area contributed by atoms with Crippen molar-refractivity contribution in [2.45, 2.75) is 45.1 Å². The first-order valence-electron chi connectivity index (χ1n) is 7.72. The van der Waals surface area contributed by atoms with E-state index in [9.17, 15) is 9.59 Å².